The highest BCUT2D eigenvalue weighted by molar-refractivity contribution is 7.86. The Kier molecular flexibility index (Phi) is 9.34. The topological polar surface area (TPSA) is 224 Å². The molecule has 0 amide bonds. The third-order valence-electron chi connectivity index (χ3n) is 6.51. The molecule has 0 aliphatic carbocycles. The largest absolute Gasteiger partial charge is 0.516 e. The molecule has 234 valence electrons. The van der Waals surface area contributed by atoms with Gasteiger partial charge in [-0.25, -0.2) is 0 Å². The summed E-state index contributed by atoms with van der Waals surface area (Å²) in [6.07, 6.45) is 5.69. The van der Waals surface area contributed by atoms with Crippen LogP contribution in [0.1, 0.15) is 16.7 Å². The van der Waals surface area contributed by atoms with Crippen LogP contribution in [0.4, 0.5) is 0 Å². The van der Waals surface area contributed by atoms with Crippen LogP contribution in [-0.2, 0) is 30.4 Å². The summed E-state index contributed by atoms with van der Waals surface area (Å²) in [4.78, 5) is -1.79. The minimum absolute atomic E-state index is 0.0166. The average Bonchev–Trinajstić information content (AvgIpc) is 2.95. The standard InChI is InChI=1S/C30H24O12S3/c31-10-7-19-1-4-28(43(34,35)36)25(13-19)22-16-23(26-14-20(8-11-32)2-5-29(26)44(37,38)39)18-24(17-22)27-15-21(9-12-33)3-6-30(27)45(40,41)42/h1-18,31-33H,(H,34,35,36)(H,37,38,39)(H,40,41,42). The highest BCUT2D eigenvalue weighted by atomic mass is 32.2. The molecule has 15 heteroatoms. The minimum Gasteiger partial charge on any atom is -0.516 e. The van der Waals surface area contributed by atoms with Crippen molar-refractivity contribution in [1.82, 2.24) is 0 Å². The monoisotopic (exact) mass is 672 g/mol. The lowest BCUT2D eigenvalue weighted by molar-refractivity contribution is 0.477. The number of rotatable bonds is 9. The molecule has 4 rings (SSSR count). The Bertz CT molecular complexity index is 1950. The van der Waals surface area contributed by atoms with Gasteiger partial charge in [-0.05, 0) is 106 Å². The Hall–Kier alpha value is -4.77. The van der Waals surface area contributed by atoms with Gasteiger partial charge in [0, 0.05) is 16.7 Å². The Labute approximate surface area is 258 Å². The zero-order valence-corrected chi connectivity index (χ0v) is 25.2. The molecular weight excluding hydrogens is 649 g/mol. The van der Waals surface area contributed by atoms with E-state index in [1.165, 1.54) is 72.8 Å². The van der Waals surface area contributed by atoms with Crippen LogP contribution in [0.2, 0.25) is 0 Å². The Morgan fingerprint density at radius 3 is 0.844 bits per heavy atom. The van der Waals surface area contributed by atoms with Gasteiger partial charge in [-0.1, -0.05) is 18.2 Å². The van der Waals surface area contributed by atoms with Gasteiger partial charge >= 0.3 is 0 Å². The Balaban J connectivity index is 2.24. The molecule has 0 spiro atoms. The first-order valence-corrected chi connectivity index (χ1v) is 16.8. The fourth-order valence-electron chi connectivity index (χ4n) is 4.66. The summed E-state index contributed by atoms with van der Waals surface area (Å²) in [7, 11) is -14.7. The van der Waals surface area contributed by atoms with Crippen molar-refractivity contribution in [3.8, 4) is 33.4 Å². The van der Waals surface area contributed by atoms with Crippen LogP contribution in [0, 0.1) is 0 Å². The lowest BCUT2D eigenvalue weighted by Gasteiger charge is -2.17. The van der Waals surface area contributed by atoms with E-state index >= 15 is 0 Å². The molecule has 0 saturated heterocycles. The second kappa shape index (κ2) is 12.7. The molecule has 0 heterocycles. The zero-order chi connectivity index (χ0) is 33.2. The van der Waals surface area contributed by atoms with E-state index in [0.717, 1.165) is 18.2 Å². The second-order valence-electron chi connectivity index (χ2n) is 9.44. The molecule has 0 bridgehead atoms. The van der Waals surface area contributed by atoms with Crippen LogP contribution in [0.5, 0.6) is 0 Å². The quantitative estimate of drug-likeness (QED) is 0.0888. The van der Waals surface area contributed by atoms with Crippen LogP contribution in [0.25, 0.3) is 51.6 Å². The number of hydrogen-bond donors (Lipinski definition) is 6. The van der Waals surface area contributed by atoms with E-state index in [1.807, 2.05) is 0 Å². The van der Waals surface area contributed by atoms with Crippen molar-refractivity contribution in [2.45, 2.75) is 14.7 Å². The van der Waals surface area contributed by atoms with Gasteiger partial charge in [0.2, 0.25) is 0 Å². The molecule has 0 saturated carbocycles. The van der Waals surface area contributed by atoms with E-state index in [2.05, 4.69) is 0 Å². The molecule has 0 aromatic heterocycles. The molecule has 4 aromatic carbocycles. The number of aliphatic hydroxyl groups is 3. The first kappa shape index (κ1) is 33.1. The summed E-state index contributed by atoms with van der Waals surface area (Å²) >= 11 is 0. The van der Waals surface area contributed by atoms with Crippen LogP contribution in [-0.4, -0.2) is 54.2 Å². The van der Waals surface area contributed by atoms with Gasteiger partial charge in [0.15, 0.2) is 0 Å². The lowest BCUT2D eigenvalue weighted by Crippen LogP contribution is -2.04. The maximum Gasteiger partial charge on any atom is 0.295 e. The predicted molar refractivity (Wildman–Crippen MR) is 167 cm³/mol. The molecule has 0 fully saturated rings. The van der Waals surface area contributed by atoms with Crippen molar-refractivity contribution >= 4 is 48.6 Å². The third-order valence-corrected chi connectivity index (χ3v) is 9.25. The summed E-state index contributed by atoms with van der Waals surface area (Å²) in [6.45, 7) is 0. The summed E-state index contributed by atoms with van der Waals surface area (Å²) in [5, 5.41) is 27.9. The smallest absolute Gasteiger partial charge is 0.295 e. The summed E-state index contributed by atoms with van der Waals surface area (Å²) in [6, 6.07) is 14.8. The van der Waals surface area contributed by atoms with Gasteiger partial charge in [0.25, 0.3) is 30.4 Å². The third kappa shape index (κ3) is 7.49. The molecular formula is C30H24O12S3. The van der Waals surface area contributed by atoms with Crippen LogP contribution in [0.15, 0.2) is 106 Å². The summed E-state index contributed by atoms with van der Waals surface area (Å²) in [5.74, 6) is 0. The van der Waals surface area contributed by atoms with Gasteiger partial charge in [0.05, 0.1) is 18.8 Å². The molecule has 45 heavy (non-hydrogen) atoms. The molecule has 0 radical (unpaired) electrons. The number of benzene rings is 4. The SMILES string of the molecule is O=S(=O)(O)c1ccc(C=CO)cc1-c1cc(-c2cc(C=CO)ccc2S(=O)(=O)O)cc(-c2cc(C=CO)ccc2S(=O)(=O)O)c1. The van der Waals surface area contributed by atoms with E-state index in [0.29, 0.717) is 18.8 Å². The maximum atomic E-state index is 12.4. The van der Waals surface area contributed by atoms with Crippen LogP contribution < -0.4 is 0 Å². The van der Waals surface area contributed by atoms with Gasteiger partial charge in [-0.2, -0.15) is 25.3 Å². The lowest BCUT2D eigenvalue weighted by atomic mass is 9.91. The van der Waals surface area contributed by atoms with Crippen molar-refractivity contribution < 1.29 is 54.2 Å². The Morgan fingerprint density at radius 1 is 0.400 bits per heavy atom. The minimum atomic E-state index is -4.89. The van der Waals surface area contributed by atoms with Crippen molar-refractivity contribution in [3.05, 3.63) is 108 Å². The summed E-state index contributed by atoms with van der Waals surface area (Å²) < 4.78 is 105. The van der Waals surface area contributed by atoms with Crippen LogP contribution >= 0.6 is 0 Å². The fraction of sp³-hybridized carbons (Fsp3) is 0. The highest BCUT2D eigenvalue weighted by Gasteiger charge is 2.24. The first-order valence-electron chi connectivity index (χ1n) is 12.5. The van der Waals surface area contributed by atoms with E-state index < -0.39 is 45.0 Å². The predicted octanol–water partition coefficient (Wildman–Crippen LogP) is 6.01. The molecule has 12 nitrogen and oxygen atoms in total. The van der Waals surface area contributed by atoms with Gasteiger partial charge in [-0.3, -0.25) is 13.7 Å². The second-order valence-corrected chi connectivity index (χ2v) is 13.6. The van der Waals surface area contributed by atoms with E-state index in [9.17, 15) is 54.2 Å². The zero-order valence-electron chi connectivity index (χ0n) is 22.7. The Morgan fingerprint density at radius 2 is 0.644 bits per heavy atom. The first-order chi connectivity index (χ1) is 21.1. The molecule has 6 N–H and O–H groups in total. The van der Waals surface area contributed by atoms with Crippen molar-refractivity contribution in [2.75, 3.05) is 0 Å². The van der Waals surface area contributed by atoms with E-state index in [1.54, 1.807) is 0 Å². The molecule has 0 aliphatic rings. The number of aliphatic hydroxyl groups excluding tert-OH is 3. The van der Waals surface area contributed by atoms with Gasteiger partial charge in [0.1, 0.15) is 14.7 Å². The van der Waals surface area contributed by atoms with Crippen molar-refractivity contribution in [2.24, 2.45) is 0 Å². The van der Waals surface area contributed by atoms with E-state index in [4.69, 9.17) is 0 Å². The normalized spacial score (nSPS) is 12.9. The van der Waals surface area contributed by atoms with Crippen molar-refractivity contribution in [3.63, 3.8) is 0 Å². The molecule has 4 aromatic rings. The molecule has 0 unspecified atom stereocenters. The summed E-state index contributed by atoms with van der Waals surface area (Å²) in [5.41, 5.74) is 0.298. The van der Waals surface area contributed by atoms with Crippen molar-refractivity contribution in [1.29, 1.82) is 0 Å². The maximum absolute atomic E-state index is 12.4. The van der Waals surface area contributed by atoms with Gasteiger partial charge in [-0.15, -0.1) is 0 Å². The average molecular weight is 673 g/mol. The molecule has 0 aliphatic heterocycles. The van der Waals surface area contributed by atoms with E-state index in [-0.39, 0.29) is 50.1 Å². The fourth-order valence-corrected chi connectivity index (χ4v) is 6.74. The number of hydrogen-bond acceptors (Lipinski definition) is 9. The molecule has 0 atom stereocenters. The highest BCUT2D eigenvalue weighted by Crippen LogP contribution is 2.40. The van der Waals surface area contributed by atoms with Crippen LogP contribution in [0.3, 0.4) is 0 Å². The van der Waals surface area contributed by atoms with Gasteiger partial charge < -0.3 is 15.3 Å².